The molecule has 1 unspecified atom stereocenters. The second-order valence-electron chi connectivity index (χ2n) is 3.56. The Balaban J connectivity index is 2.93. The van der Waals surface area contributed by atoms with Crippen LogP contribution in [0.4, 0.5) is 0 Å². The van der Waals surface area contributed by atoms with Gasteiger partial charge in [0.05, 0.1) is 12.0 Å². The van der Waals surface area contributed by atoms with E-state index in [1.54, 1.807) is 0 Å². The summed E-state index contributed by atoms with van der Waals surface area (Å²) in [6.45, 7) is -0.290. The van der Waals surface area contributed by atoms with Gasteiger partial charge in [-0.25, -0.2) is 13.9 Å². The summed E-state index contributed by atoms with van der Waals surface area (Å²) in [5.41, 5.74) is 6.60. The Morgan fingerprint density at radius 1 is 1.42 bits per heavy atom. The largest absolute Gasteiger partial charge is 0.497 e. The molecule has 0 saturated carbocycles. The molecule has 1 aromatic rings. The molecule has 1 aromatic carbocycles. The third-order valence-electron chi connectivity index (χ3n) is 2.33. The molecule has 0 bridgehead atoms. The molecule has 19 heavy (non-hydrogen) atoms. The number of rotatable bonds is 6. The minimum atomic E-state index is -3.91. The van der Waals surface area contributed by atoms with E-state index in [4.69, 9.17) is 15.7 Å². The summed E-state index contributed by atoms with van der Waals surface area (Å²) in [5, 5.41) is 8.47. The second-order valence-corrected chi connectivity index (χ2v) is 5.28. The Labute approximate surface area is 110 Å². The molecule has 5 N–H and O–H groups in total. The minimum absolute atomic E-state index is 0.0440. The predicted molar refractivity (Wildman–Crippen MR) is 66.1 cm³/mol. The molecule has 106 valence electrons. The fourth-order valence-corrected chi connectivity index (χ4v) is 2.51. The van der Waals surface area contributed by atoms with Gasteiger partial charge in [-0.05, 0) is 24.3 Å². The monoisotopic (exact) mass is 289 g/mol. The number of nitrogens with one attached hydrogen (secondary N) is 2. The molecule has 0 aliphatic heterocycles. The summed E-state index contributed by atoms with van der Waals surface area (Å²) in [4.78, 5) is 11.1. The first-order chi connectivity index (χ1) is 8.94. The van der Waals surface area contributed by atoms with Crippen LogP contribution in [0.5, 0.6) is 5.75 Å². The number of sulfonamides is 1. The van der Waals surface area contributed by atoms with E-state index in [1.165, 1.54) is 36.9 Å². The van der Waals surface area contributed by atoms with Crippen LogP contribution in [0.25, 0.3) is 0 Å². The van der Waals surface area contributed by atoms with Crippen LogP contribution in [0.3, 0.4) is 0 Å². The third-order valence-corrected chi connectivity index (χ3v) is 3.82. The molecule has 0 heterocycles. The Kier molecular flexibility index (Phi) is 5.24. The first-order valence-corrected chi connectivity index (χ1v) is 6.73. The summed E-state index contributed by atoms with van der Waals surface area (Å²) in [6.07, 6.45) is 0. The van der Waals surface area contributed by atoms with E-state index >= 15 is 0 Å². The minimum Gasteiger partial charge on any atom is -0.497 e. The summed E-state index contributed by atoms with van der Waals surface area (Å²) < 4.78 is 30.9. The molecule has 0 aliphatic rings. The fraction of sp³-hybridized carbons (Fsp3) is 0.300. The molecule has 0 aliphatic carbocycles. The van der Waals surface area contributed by atoms with Gasteiger partial charge in [0.15, 0.2) is 0 Å². The molecule has 9 heteroatoms. The van der Waals surface area contributed by atoms with E-state index in [1.807, 2.05) is 0 Å². The lowest BCUT2D eigenvalue weighted by Gasteiger charge is -2.14. The van der Waals surface area contributed by atoms with Crippen LogP contribution in [0.1, 0.15) is 0 Å². The molecule has 0 radical (unpaired) electrons. The van der Waals surface area contributed by atoms with Crippen LogP contribution in [-0.4, -0.2) is 39.2 Å². The van der Waals surface area contributed by atoms with Crippen molar-refractivity contribution in [3.05, 3.63) is 24.3 Å². The average molecular weight is 289 g/mol. The number of carbonyl (C=O) groups is 1. The smallest absolute Gasteiger partial charge is 0.262 e. The Bertz CT molecular complexity index is 529. The van der Waals surface area contributed by atoms with Gasteiger partial charge < -0.3 is 10.5 Å². The highest BCUT2D eigenvalue weighted by molar-refractivity contribution is 7.89. The Morgan fingerprint density at radius 2 is 2.00 bits per heavy atom. The summed E-state index contributed by atoms with van der Waals surface area (Å²) in [5.74, 6) is -0.429. The van der Waals surface area contributed by atoms with Crippen molar-refractivity contribution in [3.8, 4) is 5.75 Å². The third kappa shape index (κ3) is 3.89. The van der Waals surface area contributed by atoms with E-state index in [2.05, 4.69) is 4.72 Å². The SMILES string of the molecule is COc1ccc(S(=O)(=O)NC(CN)C(=O)NO)cc1. The molecule has 8 nitrogen and oxygen atoms in total. The van der Waals surface area contributed by atoms with Crippen LogP contribution in [0, 0.1) is 0 Å². The number of hydroxylamine groups is 1. The maximum absolute atomic E-state index is 12.0. The molecular weight excluding hydrogens is 274 g/mol. The van der Waals surface area contributed by atoms with Crippen molar-refractivity contribution < 1.29 is 23.2 Å². The lowest BCUT2D eigenvalue weighted by atomic mass is 10.3. The fourth-order valence-electron chi connectivity index (χ4n) is 1.30. The standard InChI is InChI=1S/C10H15N3O5S/c1-18-7-2-4-8(5-3-7)19(16,17)13-9(6-11)10(14)12-15/h2-5,9,13,15H,6,11H2,1H3,(H,12,14). The molecule has 0 fully saturated rings. The van der Waals surface area contributed by atoms with Crippen molar-refractivity contribution in [2.45, 2.75) is 10.9 Å². The van der Waals surface area contributed by atoms with Crippen molar-refractivity contribution >= 4 is 15.9 Å². The normalized spacial score (nSPS) is 12.8. The zero-order valence-corrected chi connectivity index (χ0v) is 11.0. The number of hydrogen-bond acceptors (Lipinski definition) is 6. The topological polar surface area (TPSA) is 131 Å². The highest BCUT2D eigenvalue weighted by atomic mass is 32.2. The number of methoxy groups -OCH3 is 1. The van der Waals surface area contributed by atoms with Gasteiger partial charge in [0.2, 0.25) is 10.0 Å². The van der Waals surface area contributed by atoms with E-state index in [0.717, 1.165) is 0 Å². The van der Waals surface area contributed by atoms with Crippen molar-refractivity contribution in [2.75, 3.05) is 13.7 Å². The van der Waals surface area contributed by atoms with Gasteiger partial charge in [-0.2, -0.15) is 4.72 Å². The number of ether oxygens (including phenoxy) is 1. The lowest BCUT2D eigenvalue weighted by Crippen LogP contribution is -2.49. The number of amides is 1. The van der Waals surface area contributed by atoms with E-state index in [-0.39, 0.29) is 11.4 Å². The van der Waals surface area contributed by atoms with Crippen LogP contribution in [0.15, 0.2) is 29.2 Å². The summed E-state index contributed by atoms with van der Waals surface area (Å²) >= 11 is 0. The molecule has 1 rings (SSSR count). The molecule has 1 amide bonds. The Morgan fingerprint density at radius 3 is 2.42 bits per heavy atom. The first kappa shape index (κ1) is 15.4. The average Bonchev–Trinajstić information content (AvgIpc) is 2.44. The van der Waals surface area contributed by atoms with E-state index < -0.39 is 22.0 Å². The zero-order valence-electron chi connectivity index (χ0n) is 10.2. The molecule has 1 atom stereocenters. The van der Waals surface area contributed by atoms with Crippen molar-refractivity contribution in [1.29, 1.82) is 0 Å². The van der Waals surface area contributed by atoms with Gasteiger partial charge in [0.25, 0.3) is 5.91 Å². The number of carbonyl (C=O) groups excluding carboxylic acids is 1. The quantitative estimate of drug-likeness (QED) is 0.384. The summed E-state index contributed by atoms with van der Waals surface area (Å²) in [7, 11) is -2.45. The lowest BCUT2D eigenvalue weighted by molar-refractivity contribution is -0.130. The van der Waals surface area contributed by atoms with Crippen molar-refractivity contribution in [3.63, 3.8) is 0 Å². The molecule has 0 saturated heterocycles. The van der Waals surface area contributed by atoms with E-state index in [0.29, 0.717) is 5.75 Å². The van der Waals surface area contributed by atoms with E-state index in [9.17, 15) is 13.2 Å². The van der Waals surface area contributed by atoms with Crippen LogP contribution in [0.2, 0.25) is 0 Å². The highest BCUT2D eigenvalue weighted by Crippen LogP contribution is 2.15. The number of hydrogen-bond donors (Lipinski definition) is 4. The summed E-state index contributed by atoms with van der Waals surface area (Å²) in [6, 6.07) is 4.34. The van der Waals surface area contributed by atoms with Gasteiger partial charge in [-0.3, -0.25) is 10.0 Å². The van der Waals surface area contributed by atoms with Gasteiger partial charge in [0.1, 0.15) is 11.8 Å². The zero-order chi connectivity index (χ0) is 14.5. The van der Waals surface area contributed by atoms with Gasteiger partial charge >= 0.3 is 0 Å². The van der Waals surface area contributed by atoms with Gasteiger partial charge in [-0.15, -0.1) is 0 Å². The number of nitrogens with two attached hydrogens (primary N) is 1. The van der Waals surface area contributed by atoms with Crippen LogP contribution < -0.4 is 20.7 Å². The van der Waals surface area contributed by atoms with Crippen molar-refractivity contribution in [1.82, 2.24) is 10.2 Å². The molecule has 0 aromatic heterocycles. The predicted octanol–water partition coefficient (Wildman–Crippen LogP) is -1.19. The van der Waals surface area contributed by atoms with Crippen molar-refractivity contribution in [2.24, 2.45) is 5.73 Å². The maximum atomic E-state index is 12.0. The number of benzene rings is 1. The molecular formula is C10H15N3O5S. The highest BCUT2D eigenvalue weighted by Gasteiger charge is 2.24. The maximum Gasteiger partial charge on any atom is 0.262 e. The van der Waals surface area contributed by atoms with Gasteiger partial charge in [0, 0.05) is 6.54 Å². The molecule has 0 spiro atoms. The first-order valence-electron chi connectivity index (χ1n) is 5.25. The van der Waals surface area contributed by atoms with Gasteiger partial charge in [-0.1, -0.05) is 0 Å². The van der Waals surface area contributed by atoms with Crippen LogP contribution >= 0.6 is 0 Å². The van der Waals surface area contributed by atoms with Crippen LogP contribution in [-0.2, 0) is 14.8 Å². The Hall–Kier alpha value is -1.68. The second kappa shape index (κ2) is 6.48.